The molecule has 2 N–H and O–H groups in total. The first kappa shape index (κ1) is 20.8. The van der Waals surface area contributed by atoms with E-state index in [0.717, 1.165) is 6.26 Å². The summed E-state index contributed by atoms with van der Waals surface area (Å²) in [5.74, 6) is -1.81. The second-order valence-electron chi connectivity index (χ2n) is 7.05. The molecular formula is C20H22FN3O4S. The number of nitrogens with zero attached hydrogens (tertiary/aromatic N) is 1. The van der Waals surface area contributed by atoms with Gasteiger partial charge in [0.2, 0.25) is 21.8 Å². The van der Waals surface area contributed by atoms with Gasteiger partial charge in [-0.25, -0.2) is 12.8 Å². The van der Waals surface area contributed by atoms with Gasteiger partial charge < -0.3 is 10.2 Å². The van der Waals surface area contributed by atoms with Crippen LogP contribution in [0.1, 0.15) is 24.9 Å². The number of sulfonamides is 1. The number of anilines is 2. The van der Waals surface area contributed by atoms with Crippen molar-refractivity contribution in [1.29, 1.82) is 0 Å². The molecule has 154 valence electrons. The second kappa shape index (κ2) is 8.20. The van der Waals surface area contributed by atoms with Gasteiger partial charge in [-0.1, -0.05) is 30.3 Å². The van der Waals surface area contributed by atoms with Crippen LogP contribution in [0.15, 0.2) is 48.5 Å². The molecule has 0 saturated carbocycles. The average molecular weight is 419 g/mol. The number of halogens is 1. The smallest absolute Gasteiger partial charge is 0.229 e. The van der Waals surface area contributed by atoms with Gasteiger partial charge in [-0.2, -0.15) is 0 Å². The summed E-state index contributed by atoms with van der Waals surface area (Å²) < 4.78 is 39.6. The van der Waals surface area contributed by atoms with E-state index >= 15 is 0 Å². The molecule has 1 saturated heterocycles. The molecule has 1 heterocycles. The molecule has 2 aromatic rings. The number of hydrogen-bond donors (Lipinski definition) is 2. The normalized spacial score (nSPS) is 17.8. The van der Waals surface area contributed by atoms with Crippen molar-refractivity contribution in [3.8, 4) is 0 Å². The lowest BCUT2D eigenvalue weighted by atomic mass is 10.0. The fraction of sp³-hybridized carbons (Fsp3) is 0.300. The molecule has 2 atom stereocenters. The van der Waals surface area contributed by atoms with Crippen molar-refractivity contribution in [3.05, 3.63) is 59.9 Å². The number of para-hydroxylation sites is 2. The highest BCUT2D eigenvalue weighted by Gasteiger charge is 2.36. The van der Waals surface area contributed by atoms with Gasteiger partial charge in [0.1, 0.15) is 5.82 Å². The van der Waals surface area contributed by atoms with Crippen LogP contribution in [0, 0.1) is 11.7 Å². The molecule has 0 bridgehead atoms. The predicted octanol–water partition coefficient (Wildman–Crippen LogP) is 2.43. The van der Waals surface area contributed by atoms with E-state index in [-0.39, 0.29) is 30.5 Å². The number of nitrogens with one attached hydrogen (secondary N) is 2. The summed E-state index contributed by atoms with van der Waals surface area (Å²) in [5, 5.41) is 2.83. The van der Waals surface area contributed by atoms with Gasteiger partial charge in [-0.05, 0) is 30.7 Å². The van der Waals surface area contributed by atoms with Crippen LogP contribution in [0.4, 0.5) is 15.8 Å². The van der Waals surface area contributed by atoms with Crippen molar-refractivity contribution in [3.63, 3.8) is 0 Å². The summed E-state index contributed by atoms with van der Waals surface area (Å²) >= 11 is 0. The fourth-order valence-corrected chi connectivity index (χ4v) is 3.95. The van der Waals surface area contributed by atoms with Crippen LogP contribution in [0.25, 0.3) is 0 Å². The highest BCUT2D eigenvalue weighted by molar-refractivity contribution is 7.92. The Morgan fingerprint density at radius 2 is 1.83 bits per heavy atom. The Morgan fingerprint density at radius 3 is 2.52 bits per heavy atom. The molecule has 2 amide bonds. The topological polar surface area (TPSA) is 95.6 Å². The van der Waals surface area contributed by atoms with Crippen LogP contribution in [0.5, 0.6) is 0 Å². The van der Waals surface area contributed by atoms with Gasteiger partial charge >= 0.3 is 0 Å². The summed E-state index contributed by atoms with van der Waals surface area (Å²) in [6.45, 7) is 1.81. The van der Waals surface area contributed by atoms with E-state index in [1.54, 1.807) is 37.3 Å². The van der Waals surface area contributed by atoms with Gasteiger partial charge in [0.25, 0.3) is 0 Å². The van der Waals surface area contributed by atoms with Crippen LogP contribution < -0.4 is 14.9 Å². The zero-order valence-electron chi connectivity index (χ0n) is 16.1. The molecule has 0 aliphatic carbocycles. The SMILES string of the molecule is CC(NC(=O)C1CC(=O)N(c2ccccc2F)C1)c1ccccc1NS(C)(=O)=O. The molecular weight excluding hydrogens is 397 g/mol. The number of benzene rings is 2. The van der Waals surface area contributed by atoms with Gasteiger partial charge in [0.15, 0.2) is 0 Å². The van der Waals surface area contributed by atoms with Crippen molar-refractivity contribution in [1.82, 2.24) is 5.32 Å². The summed E-state index contributed by atoms with van der Waals surface area (Å²) in [4.78, 5) is 26.3. The predicted molar refractivity (Wildman–Crippen MR) is 108 cm³/mol. The molecule has 2 aromatic carbocycles. The maximum Gasteiger partial charge on any atom is 0.229 e. The minimum Gasteiger partial charge on any atom is -0.349 e. The number of hydrogen-bond acceptors (Lipinski definition) is 4. The molecule has 1 aliphatic heterocycles. The van der Waals surface area contributed by atoms with Crippen LogP contribution >= 0.6 is 0 Å². The molecule has 2 unspecified atom stereocenters. The third-order valence-corrected chi connectivity index (χ3v) is 5.31. The Balaban J connectivity index is 1.71. The summed E-state index contributed by atoms with van der Waals surface area (Å²) in [6, 6.07) is 12.2. The maximum atomic E-state index is 14.0. The van der Waals surface area contributed by atoms with Gasteiger partial charge in [-0.3, -0.25) is 14.3 Å². The van der Waals surface area contributed by atoms with E-state index < -0.39 is 27.8 Å². The van der Waals surface area contributed by atoms with Crippen molar-refractivity contribution in [2.24, 2.45) is 5.92 Å². The molecule has 7 nitrogen and oxygen atoms in total. The molecule has 9 heteroatoms. The molecule has 29 heavy (non-hydrogen) atoms. The standard InChI is InChI=1S/C20H22FN3O4S/c1-13(15-7-3-5-9-17(15)23-29(2,27)28)22-20(26)14-11-19(25)24(12-14)18-10-6-4-8-16(18)21/h3-10,13-14,23H,11-12H2,1-2H3,(H,22,26). The van der Waals surface area contributed by atoms with E-state index in [4.69, 9.17) is 0 Å². The van der Waals surface area contributed by atoms with Crippen LogP contribution in [-0.2, 0) is 19.6 Å². The van der Waals surface area contributed by atoms with E-state index in [0.29, 0.717) is 11.3 Å². The van der Waals surface area contributed by atoms with E-state index in [2.05, 4.69) is 10.0 Å². The monoisotopic (exact) mass is 419 g/mol. The summed E-state index contributed by atoms with van der Waals surface area (Å²) in [7, 11) is -3.48. The Bertz CT molecular complexity index is 1040. The number of amides is 2. The molecule has 3 rings (SSSR count). The zero-order chi connectivity index (χ0) is 21.2. The third-order valence-electron chi connectivity index (χ3n) is 4.72. The molecule has 1 aliphatic rings. The minimum absolute atomic E-state index is 0.0177. The maximum absolute atomic E-state index is 14.0. The Labute approximate surface area is 169 Å². The lowest BCUT2D eigenvalue weighted by molar-refractivity contribution is -0.126. The largest absolute Gasteiger partial charge is 0.349 e. The highest BCUT2D eigenvalue weighted by atomic mass is 32.2. The minimum atomic E-state index is -3.48. The molecule has 0 spiro atoms. The molecule has 0 radical (unpaired) electrons. The van der Waals surface area contributed by atoms with Crippen LogP contribution in [0.3, 0.4) is 0 Å². The van der Waals surface area contributed by atoms with Gasteiger partial charge in [0.05, 0.1) is 29.6 Å². The fourth-order valence-electron chi connectivity index (χ4n) is 3.36. The first-order chi connectivity index (χ1) is 13.7. The lowest BCUT2D eigenvalue weighted by Gasteiger charge is -2.21. The van der Waals surface area contributed by atoms with Crippen molar-refractivity contribution < 1.29 is 22.4 Å². The van der Waals surface area contributed by atoms with Crippen LogP contribution in [0.2, 0.25) is 0 Å². The second-order valence-corrected chi connectivity index (χ2v) is 8.80. The van der Waals surface area contributed by atoms with Gasteiger partial charge in [-0.15, -0.1) is 0 Å². The van der Waals surface area contributed by atoms with E-state index in [1.807, 2.05) is 0 Å². The van der Waals surface area contributed by atoms with Crippen molar-refractivity contribution in [2.45, 2.75) is 19.4 Å². The summed E-state index contributed by atoms with van der Waals surface area (Å²) in [5.41, 5.74) is 1.13. The van der Waals surface area contributed by atoms with Crippen molar-refractivity contribution in [2.75, 3.05) is 22.4 Å². The Kier molecular flexibility index (Phi) is 5.88. The number of rotatable bonds is 6. The Morgan fingerprint density at radius 1 is 1.17 bits per heavy atom. The molecule has 0 aromatic heterocycles. The molecule has 1 fully saturated rings. The van der Waals surface area contributed by atoms with Crippen LogP contribution in [-0.4, -0.2) is 33.0 Å². The number of carbonyl (C=O) groups is 2. The zero-order valence-corrected chi connectivity index (χ0v) is 16.9. The van der Waals surface area contributed by atoms with E-state index in [1.165, 1.54) is 23.1 Å². The first-order valence-corrected chi connectivity index (χ1v) is 11.0. The first-order valence-electron chi connectivity index (χ1n) is 9.07. The van der Waals surface area contributed by atoms with E-state index in [9.17, 15) is 22.4 Å². The van der Waals surface area contributed by atoms with Crippen molar-refractivity contribution >= 4 is 33.2 Å². The summed E-state index contributed by atoms with van der Waals surface area (Å²) in [6.07, 6.45) is 1.03. The Hall–Kier alpha value is -2.94. The third kappa shape index (κ3) is 4.92. The highest BCUT2D eigenvalue weighted by Crippen LogP contribution is 2.29. The lowest BCUT2D eigenvalue weighted by Crippen LogP contribution is -2.35. The van der Waals surface area contributed by atoms with Gasteiger partial charge in [0, 0.05) is 13.0 Å². The quantitative estimate of drug-likeness (QED) is 0.752. The number of carbonyl (C=O) groups excluding carboxylic acids is 2. The average Bonchev–Trinajstić information content (AvgIpc) is 3.03.